The van der Waals surface area contributed by atoms with Crippen LogP contribution in [0.2, 0.25) is 0 Å². The van der Waals surface area contributed by atoms with Crippen LogP contribution in [0.25, 0.3) is 11.0 Å². The molecule has 11 heteroatoms. The van der Waals surface area contributed by atoms with Crippen molar-refractivity contribution in [3.05, 3.63) is 40.0 Å². The molecule has 1 aliphatic heterocycles. The SMILES string of the molecule is Cc1c(C(=O)O)sc(S(=O)(=O)Nc2ccc3c(c2)nc2n3CCCCC2)c1C(=O)O. The number of carbonyl (C=O) groups is 2. The van der Waals surface area contributed by atoms with Gasteiger partial charge in [-0.2, -0.15) is 0 Å². The number of aromatic nitrogens is 2. The van der Waals surface area contributed by atoms with Crippen LogP contribution in [-0.4, -0.2) is 40.1 Å². The van der Waals surface area contributed by atoms with Crippen LogP contribution in [0.1, 0.15) is 50.7 Å². The molecule has 0 aliphatic carbocycles. The van der Waals surface area contributed by atoms with E-state index in [1.54, 1.807) is 18.2 Å². The highest BCUT2D eigenvalue weighted by atomic mass is 32.2. The number of carboxylic acids is 2. The third kappa shape index (κ3) is 3.43. The van der Waals surface area contributed by atoms with Gasteiger partial charge in [-0.25, -0.2) is 23.0 Å². The average molecular weight is 450 g/mol. The molecule has 4 rings (SSSR count). The van der Waals surface area contributed by atoms with Crippen LogP contribution in [0, 0.1) is 6.92 Å². The van der Waals surface area contributed by atoms with Crippen molar-refractivity contribution in [1.29, 1.82) is 0 Å². The van der Waals surface area contributed by atoms with Crippen molar-refractivity contribution in [1.82, 2.24) is 9.55 Å². The van der Waals surface area contributed by atoms with E-state index in [-0.39, 0.29) is 16.1 Å². The number of fused-ring (bicyclic) bond motifs is 3. The molecule has 0 atom stereocenters. The van der Waals surface area contributed by atoms with E-state index in [0.717, 1.165) is 43.6 Å². The number of aromatic carboxylic acids is 2. The molecule has 0 saturated carbocycles. The van der Waals surface area contributed by atoms with Gasteiger partial charge in [0.15, 0.2) is 4.21 Å². The third-order valence-electron chi connectivity index (χ3n) is 5.13. The van der Waals surface area contributed by atoms with Gasteiger partial charge in [0.1, 0.15) is 10.7 Å². The summed E-state index contributed by atoms with van der Waals surface area (Å²) in [5, 5.41) is 18.7. The third-order valence-corrected chi connectivity index (χ3v) is 8.31. The Morgan fingerprint density at radius 2 is 1.93 bits per heavy atom. The van der Waals surface area contributed by atoms with Crippen molar-refractivity contribution < 1.29 is 28.2 Å². The number of carboxylic acid groups (broad SMARTS) is 2. The Kier molecular flexibility index (Phi) is 5.02. The molecule has 0 fully saturated rings. The topological polar surface area (TPSA) is 139 Å². The van der Waals surface area contributed by atoms with Crippen LogP contribution in [0.15, 0.2) is 22.4 Å². The van der Waals surface area contributed by atoms with E-state index >= 15 is 0 Å². The Bertz CT molecular complexity index is 1290. The molecular formula is C19H19N3O6S2. The Hall–Kier alpha value is -2.92. The first-order valence-corrected chi connectivity index (χ1v) is 11.6. The predicted molar refractivity (Wildman–Crippen MR) is 111 cm³/mol. The van der Waals surface area contributed by atoms with Gasteiger partial charge in [-0.15, -0.1) is 11.3 Å². The second kappa shape index (κ2) is 7.40. The van der Waals surface area contributed by atoms with Gasteiger partial charge in [0.2, 0.25) is 0 Å². The summed E-state index contributed by atoms with van der Waals surface area (Å²) in [6.45, 7) is 2.15. The molecule has 3 aromatic rings. The quantitative estimate of drug-likeness (QED) is 0.543. The highest BCUT2D eigenvalue weighted by Crippen LogP contribution is 2.34. The van der Waals surface area contributed by atoms with E-state index in [1.807, 2.05) is 0 Å². The zero-order chi connectivity index (χ0) is 21.6. The van der Waals surface area contributed by atoms with E-state index in [1.165, 1.54) is 6.92 Å². The lowest BCUT2D eigenvalue weighted by atomic mass is 10.2. The standard InChI is InChI=1S/C19H19N3O6S2/c1-10-15(17(23)24)19(29-16(10)18(25)26)30(27,28)21-11-6-7-13-12(9-11)20-14-5-3-2-4-8-22(13)14/h6-7,9,21H,2-5,8H2,1H3,(H,23,24)(H,25,26). The van der Waals surface area contributed by atoms with Crippen molar-refractivity contribution >= 4 is 50.0 Å². The summed E-state index contributed by atoms with van der Waals surface area (Å²) < 4.78 is 29.8. The smallest absolute Gasteiger partial charge is 0.346 e. The maximum atomic E-state index is 12.9. The fourth-order valence-electron chi connectivity index (χ4n) is 3.74. The number of aryl methyl sites for hydroxylation is 2. The van der Waals surface area contributed by atoms with Crippen molar-refractivity contribution in [3.8, 4) is 0 Å². The van der Waals surface area contributed by atoms with Crippen molar-refractivity contribution in [2.45, 2.75) is 43.4 Å². The number of imidazole rings is 1. The van der Waals surface area contributed by atoms with Gasteiger partial charge >= 0.3 is 11.9 Å². The van der Waals surface area contributed by atoms with Gasteiger partial charge in [-0.1, -0.05) is 6.42 Å². The van der Waals surface area contributed by atoms with Crippen LogP contribution in [0.4, 0.5) is 5.69 Å². The van der Waals surface area contributed by atoms with Crippen LogP contribution < -0.4 is 4.72 Å². The van der Waals surface area contributed by atoms with E-state index in [0.29, 0.717) is 16.9 Å². The van der Waals surface area contributed by atoms with Crippen LogP contribution >= 0.6 is 11.3 Å². The van der Waals surface area contributed by atoms with E-state index < -0.39 is 31.7 Å². The molecule has 0 bridgehead atoms. The van der Waals surface area contributed by atoms with Crippen LogP contribution in [0.3, 0.4) is 0 Å². The van der Waals surface area contributed by atoms with Crippen molar-refractivity contribution in [2.75, 3.05) is 4.72 Å². The van der Waals surface area contributed by atoms with Crippen molar-refractivity contribution in [2.24, 2.45) is 0 Å². The molecule has 3 heterocycles. The summed E-state index contributed by atoms with van der Waals surface area (Å²) in [5.41, 5.74) is 1.18. The fourth-order valence-corrected chi connectivity index (χ4v) is 6.47. The zero-order valence-electron chi connectivity index (χ0n) is 16.0. The average Bonchev–Trinajstić information content (AvgIpc) is 3.10. The first kappa shape index (κ1) is 20.4. The number of anilines is 1. The molecule has 1 aliphatic rings. The van der Waals surface area contributed by atoms with Gasteiger partial charge in [0.05, 0.1) is 22.3 Å². The number of benzene rings is 1. The lowest BCUT2D eigenvalue weighted by Gasteiger charge is -2.08. The molecular weight excluding hydrogens is 430 g/mol. The fraction of sp³-hybridized carbons (Fsp3) is 0.316. The number of hydrogen-bond donors (Lipinski definition) is 3. The first-order valence-electron chi connectivity index (χ1n) is 9.31. The van der Waals surface area contributed by atoms with Gasteiger partial charge < -0.3 is 14.8 Å². The molecule has 0 radical (unpaired) electrons. The summed E-state index contributed by atoms with van der Waals surface area (Å²) in [6, 6.07) is 4.99. The number of nitrogens with zero attached hydrogens (tertiary/aromatic N) is 2. The molecule has 0 spiro atoms. The maximum absolute atomic E-state index is 12.9. The Morgan fingerprint density at radius 3 is 2.63 bits per heavy atom. The second-order valence-corrected chi connectivity index (χ2v) is 10.0. The summed E-state index contributed by atoms with van der Waals surface area (Å²) in [5.74, 6) is -1.90. The zero-order valence-corrected chi connectivity index (χ0v) is 17.6. The van der Waals surface area contributed by atoms with Gasteiger partial charge in [0, 0.05) is 13.0 Å². The molecule has 0 saturated heterocycles. The minimum atomic E-state index is -4.31. The summed E-state index contributed by atoms with van der Waals surface area (Å²) in [4.78, 5) is 27.3. The first-order chi connectivity index (χ1) is 14.2. The maximum Gasteiger partial charge on any atom is 0.346 e. The van der Waals surface area contributed by atoms with E-state index in [2.05, 4.69) is 14.3 Å². The molecule has 9 nitrogen and oxygen atoms in total. The Labute approximate surface area is 176 Å². The molecule has 30 heavy (non-hydrogen) atoms. The van der Waals surface area contributed by atoms with Gasteiger partial charge in [-0.3, -0.25) is 4.72 Å². The molecule has 158 valence electrons. The van der Waals surface area contributed by atoms with Crippen LogP contribution in [0.5, 0.6) is 0 Å². The van der Waals surface area contributed by atoms with E-state index in [9.17, 15) is 28.2 Å². The number of nitrogens with one attached hydrogen (secondary N) is 1. The minimum absolute atomic E-state index is 0.0892. The monoisotopic (exact) mass is 449 g/mol. The molecule has 3 N–H and O–H groups in total. The largest absolute Gasteiger partial charge is 0.478 e. The van der Waals surface area contributed by atoms with Crippen LogP contribution in [-0.2, 0) is 23.0 Å². The highest BCUT2D eigenvalue weighted by molar-refractivity contribution is 7.94. The normalized spacial score (nSPS) is 14.3. The van der Waals surface area contributed by atoms with E-state index in [4.69, 9.17) is 0 Å². The number of rotatable bonds is 5. The summed E-state index contributed by atoms with van der Waals surface area (Å²) in [7, 11) is -4.31. The van der Waals surface area contributed by atoms with Gasteiger partial charge in [-0.05, 0) is 43.5 Å². The van der Waals surface area contributed by atoms with Crippen molar-refractivity contribution in [3.63, 3.8) is 0 Å². The summed E-state index contributed by atoms with van der Waals surface area (Å²) in [6.07, 6.45) is 4.14. The predicted octanol–water partition coefficient (Wildman–Crippen LogP) is 3.33. The Morgan fingerprint density at radius 1 is 1.17 bits per heavy atom. The molecule has 1 aromatic carbocycles. The minimum Gasteiger partial charge on any atom is -0.478 e. The lowest BCUT2D eigenvalue weighted by Crippen LogP contribution is -2.15. The summed E-state index contributed by atoms with van der Waals surface area (Å²) >= 11 is 0.426. The lowest BCUT2D eigenvalue weighted by molar-refractivity contribution is 0.0692. The number of thiophene rings is 1. The highest BCUT2D eigenvalue weighted by Gasteiger charge is 2.31. The molecule has 0 unspecified atom stereocenters. The van der Waals surface area contributed by atoms with Gasteiger partial charge in [0.25, 0.3) is 10.0 Å². The molecule has 0 amide bonds. The number of hydrogen-bond acceptors (Lipinski definition) is 6. The second-order valence-electron chi connectivity index (χ2n) is 7.13. The number of sulfonamides is 1. The molecule has 2 aromatic heterocycles. The Balaban J connectivity index is 1.74.